The second-order valence-corrected chi connectivity index (χ2v) is 35.2. The first-order chi connectivity index (χ1) is 58.7. The molecular formula is C86H117N17O19S. The highest BCUT2D eigenvalue weighted by Crippen LogP contribution is 2.34. The fraction of sp³-hybridized carbons (Fsp3) is 0.570. The van der Waals surface area contributed by atoms with Gasteiger partial charge >= 0.3 is 5.97 Å². The number of nitrogens with one attached hydrogen (secondary N) is 10. The molecule has 15 atom stereocenters. The predicted molar refractivity (Wildman–Crippen MR) is 452 cm³/mol. The number of carboxylic acids is 1. The van der Waals surface area contributed by atoms with E-state index in [1.165, 1.54) is 44.6 Å². The molecule has 123 heavy (non-hydrogen) atoms. The predicted octanol–water partition coefficient (Wildman–Crippen LogP) is -0.160. The zero-order chi connectivity index (χ0) is 88.6. The molecule has 16 N–H and O–H groups in total. The number of carbonyl (C=O) groups is 15. The van der Waals surface area contributed by atoms with Crippen molar-refractivity contribution in [3.05, 3.63) is 102 Å². The van der Waals surface area contributed by atoms with Gasteiger partial charge in [-0.25, -0.2) is 0 Å². The van der Waals surface area contributed by atoms with Crippen LogP contribution in [0, 0.1) is 11.8 Å². The third-order valence-corrected chi connectivity index (χ3v) is 24.9. The number of likely N-dealkylation sites (N-methyl/N-ethyl adjacent to an activating group) is 2. The summed E-state index contributed by atoms with van der Waals surface area (Å²) in [5, 5.41) is 69.0. The number of nitrogens with two attached hydrogens (primary N) is 1. The molecule has 0 saturated carbocycles. The zero-order valence-electron chi connectivity index (χ0n) is 70.4. The Bertz CT molecular complexity index is 4710. The number of phenols is 1. The molecule has 3 aromatic carbocycles. The van der Waals surface area contributed by atoms with E-state index in [0.29, 0.717) is 77.0 Å². The van der Waals surface area contributed by atoms with Gasteiger partial charge in [-0.2, -0.15) is 11.8 Å². The Balaban J connectivity index is 0.896. The van der Waals surface area contributed by atoms with E-state index in [4.69, 9.17) is 5.73 Å². The van der Waals surface area contributed by atoms with Crippen LogP contribution in [0.2, 0.25) is 0 Å². The molecule has 5 aromatic rings. The Morgan fingerprint density at radius 2 is 1.07 bits per heavy atom. The van der Waals surface area contributed by atoms with Crippen molar-refractivity contribution in [1.29, 1.82) is 0 Å². The molecule has 36 nitrogen and oxygen atoms in total. The minimum atomic E-state index is -1.58. The van der Waals surface area contributed by atoms with Crippen molar-refractivity contribution in [3.8, 4) is 5.75 Å². The normalized spacial score (nSPS) is 27.8. The molecular weight excluding hydrogens is 1610 g/mol. The lowest BCUT2D eigenvalue weighted by Crippen LogP contribution is -2.61. The smallest absolute Gasteiger partial charge is 0.323 e. The Morgan fingerprint density at radius 3 is 1.73 bits per heavy atom. The lowest BCUT2D eigenvalue weighted by atomic mass is 9.97. The lowest BCUT2D eigenvalue weighted by molar-refractivity contribution is -0.147. The van der Waals surface area contributed by atoms with Gasteiger partial charge in [-0.3, -0.25) is 71.9 Å². The van der Waals surface area contributed by atoms with Crippen LogP contribution in [0.15, 0.2) is 85.2 Å². The highest BCUT2D eigenvalue weighted by atomic mass is 32.2. The number of carboxylic acid groups (broad SMARTS) is 1. The highest BCUT2D eigenvalue weighted by Gasteiger charge is 2.50. The number of aliphatic hydroxyl groups excluding tert-OH is 2. The van der Waals surface area contributed by atoms with Gasteiger partial charge in [0.2, 0.25) is 82.7 Å². The molecule has 6 saturated heterocycles. The van der Waals surface area contributed by atoms with Gasteiger partial charge in [-0.15, -0.1) is 0 Å². The average molecular weight is 1730 g/mol. The Labute approximate surface area is 717 Å². The first-order valence-corrected chi connectivity index (χ1v) is 43.8. The number of hydrogen-bond donors (Lipinski definition) is 15. The molecule has 11 rings (SSSR count). The summed E-state index contributed by atoms with van der Waals surface area (Å²) in [6.45, 7) is 5.31. The quantitative estimate of drug-likeness (QED) is 0.0687. The summed E-state index contributed by atoms with van der Waals surface area (Å²) in [6, 6.07) is 3.45. The first kappa shape index (κ1) is 92.5. The molecule has 6 aliphatic rings. The number of piperidine rings is 1. The van der Waals surface area contributed by atoms with Crippen LogP contribution in [-0.4, -0.2) is 292 Å². The van der Waals surface area contributed by atoms with Crippen LogP contribution in [0.25, 0.3) is 21.8 Å². The van der Waals surface area contributed by atoms with Crippen LogP contribution in [-0.2, 0) is 97.7 Å². The van der Waals surface area contributed by atoms with Crippen molar-refractivity contribution < 1.29 is 92.3 Å². The van der Waals surface area contributed by atoms with E-state index < -0.39 is 193 Å². The number of para-hydroxylation sites is 2. The van der Waals surface area contributed by atoms with Crippen molar-refractivity contribution in [2.45, 2.75) is 241 Å². The molecule has 4 bridgehead atoms. The zero-order valence-corrected chi connectivity index (χ0v) is 71.2. The van der Waals surface area contributed by atoms with Crippen LogP contribution < -0.4 is 53.6 Å². The SMILES string of the molecule is CC(C)C[C@@H]1NC(=O)C2CCCCCCC(NC(=O)[C@H](Cc3cn(CC(=O)O)c4ccccc34)NC(=O)[C@H](CCN)NC(=O)[C@H](Cc3c[nH]c4ccccc34)NC(=O)[C@@H]3C[C@@H](O)CN3C(=O)[C@H](CC(C)C)NC(=O)CNC(=O)[C@H]3CCC4CC[C@@H](NC(=O)[C@@H]5C[C@H](O)CN5C(=O)[C@H](Cc5ccc(O)cc5)NC(=O)CSCCN(C)C1=O)C(=O)N43)C(=O)N2C. The minimum Gasteiger partial charge on any atom is -0.508 e. The number of carbonyl (C=O) groups excluding carboxylic acids is 14. The van der Waals surface area contributed by atoms with Crippen LogP contribution in [0.3, 0.4) is 0 Å². The fourth-order valence-corrected chi connectivity index (χ4v) is 18.5. The molecule has 0 radical (unpaired) electrons. The molecule has 3 unspecified atom stereocenters. The third-order valence-electron chi connectivity index (χ3n) is 24.0. The molecule has 0 spiro atoms. The molecule has 0 aliphatic carbocycles. The van der Waals surface area contributed by atoms with E-state index in [-0.39, 0.29) is 132 Å². The van der Waals surface area contributed by atoms with Crippen LogP contribution in [0.4, 0.5) is 0 Å². The van der Waals surface area contributed by atoms with Gasteiger partial charge in [0.1, 0.15) is 84.8 Å². The number of thioether (sulfide) groups is 1. The summed E-state index contributed by atoms with van der Waals surface area (Å²) in [6.07, 6.45) is 2.91. The van der Waals surface area contributed by atoms with Crippen molar-refractivity contribution in [2.24, 2.45) is 17.6 Å². The summed E-state index contributed by atoms with van der Waals surface area (Å²) in [7, 11) is 2.97. The largest absolute Gasteiger partial charge is 0.508 e. The van der Waals surface area contributed by atoms with Crippen LogP contribution >= 0.6 is 11.8 Å². The summed E-state index contributed by atoms with van der Waals surface area (Å²) < 4.78 is 1.47. The molecule has 666 valence electrons. The number of aromatic nitrogens is 2. The van der Waals surface area contributed by atoms with E-state index in [9.17, 15) is 63.6 Å². The number of aromatic hydroxyl groups is 1. The highest BCUT2D eigenvalue weighted by molar-refractivity contribution is 7.99. The minimum absolute atomic E-state index is 0.00659. The summed E-state index contributed by atoms with van der Waals surface area (Å²) in [5.41, 5.74) is 8.85. The van der Waals surface area contributed by atoms with Gasteiger partial charge in [0.15, 0.2) is 0 Å². The van der Waals surface area contributed by atoms with Gasteiger partial charge in [0, 0.05) is 112 Å². The number of aliphatic carboxylic acids is 1. The average Bonchev–Trinajstić information content (AvgIpc) is 1.65. The van der Waals surface area contributed by atoms with Crippen molar-refractivity contribution >= 4 is 122 Å². The van der Waals surface area contributed by atoms with E-state index in [0.717, 1.165) is 21.6 Å². The second kappa shape index (κ2) is 42.3. The van der Waals surface area contributed by atoms with Crippen molar-refractivity contribution in [1.82, 2.24) is 81.9 Å². The first-order valence-electron chi connectivity index (χ1n) is 42.6. The Kier molecular flexibility index (Phi) is 31.8. The summed E-state index contributed by atoms with van der Waals surface area (Å²) in [5.74, 6) is -12.1. The number of fused-ring (bicyclic) bond motifs is 8. The van der Waals surface area contributed by atoms with E-state index in [2.05, 4.69) is 52.8 Å². The maximum atomic E-state index is 15.4. The maximum Gasteiger partial charge on any atom is 0.323 e. The number of nitrogens with zero attached hydrogens (tertiary/aromatic N) is 6. The molecule has 2 aromatic heterocycles. The number of hydrogen-bond acceptors (Lipinski definition) is 20. The number of aromatic amines is 1. The number of rotatable bonds is 14. The lowest BCUT2D eigenvalue weighted by Gasteiger charge is -2.38. The van der Waals surface area contributed by atoms with E-state index in [1.807, 2.05) is 13.8 Å². The van der Waals surface area contributed by atoms with Gasteiger partial charge in [-0.05, 0) is 117 Å². The Hall–Kier alpha value is -11.2. The van der Waals surface area contributed by atoms with Gasteiger partial charge < -0.3 is 108 Å². The molecule has 8 heterocycles. The molecule has 14 amide bonds. The number of amides is 14. The topological polar surface area (TPSA) is 508 Å². The number of benzene rings is 3. The van der Waals surface area contributed by atoms with Crippen molar-refractivity contribution in [3.63, 3.8) is 0 Å². The number of phenolic OH excluding ortho intramolecular Hbond substituents is 1. The van der Waals surface area contributed by atoms with E-state index in [1.54, 1.807) is 87.8 Å². The number of H-pyrrole nitrogens is 1. The van der Waals surface area contributed by atoms with Crippen molar-refractivity contribution in [2.75, 3.05) is 58.3 Å². The maximum absolute atomic E-state index is 15.4. The van der Waals surface area contributed by atoms with E-state index >= 15 is 28.8 Å². The van der Waals surface area contributed by atoms with Crippen LogP contribution in [0.1, 0.15) is 141 Å². The summed E-state index contributed by atoms with van der Waals surface area (Å²) in [4.78, 5) is 229. The second-order valence-electron chi connectivity index (χ2n) is 34.1. The molecule has 37 heteroatoms. The standard InChI is InChI=1S/C86H117N17O19S/c1-47(2)33-64-82(118)98(5)31-32-123-46-73(108)91-66(35-49-21-25-53(104)26-22-49)85(121)102-44-54(105)38-70(102)80(116)94-61-27-23-52-24-28-69(103(52)86(61)122)78(114)89-41-72(107)90-65(34-48(3)4)84(120)101-43-55(106)39-71(101)81(117)96-62(36-50-40-88-58-17-13-11-15-56(50)58)76(112)92-59(29-30-87)75(111)95-63(37-51-42-100(45-74(109)110)67-19-14-12-16-57(51)67)77(113)93-60-18-9-7-8-10-20-68(79(115)97-64)99(6)83(60)119/h11-17,19,21-22,25-26,40,42,47-48,52,54-55,59-66,68-71,88,104-106H,7-10,18,20,23-24,27-39,41,43-46,87H2,1-6H3,(H,89,114)(H,90,107)(H,91,108)(H,92,112)(H,93,113)(H,94,116)(H,95,111)(H,96,117)(H,97,115)(H,109,110)/t52?,54-,55+,59-,60?,61+,62-,63-,64-,65-,66-,68?,69+,70-,71-/m0/s1. The van der Waals surface area contributed by atoms with Gasteiger partial charge in [-0.1, -0.05) is 102 Å². The molecule has 6 fully saturated rings. The summed E-state index contributed by atoms with van der Waals surface area (Å²) >= 11 is 1.14. The monoisotopic (exact) mass is 1720 g/mol. The van der Waals surface area contributed by atoms with Gasteiger partial charge in [0.05, 0.1) is 24.5 Å². The molecule has 6 aliphatic heterocycles. The van der Waals surface area contributed by atoms with Crippen LogP contribution in [0.5, 0.6) is 5.75 Å². The third kappa shape index (κ3) is 23.6. The number of aliphatic hydroxyl groups is 2. The Morgan fingerprint density at radius 1 is 0.520 bits per heavy atom. The fourth-order valence-electron chi connectivity index (χ4n) is 17.7. The van der Waals surface area contributed by atoms with Gasteiger partial charge in [0.25, 0.3) is 0 Å².